The third-order valence-electron chi connectivity index (χ3n) is 3.32. The Labute approximate surface area is 99.8 Å². The molecular formula is C14H15NO2. The van der Waals surface area contributed by atoms with Crippen molar-refractivity contribution in [1.29, 1.82) is 0 Å². The summed E-state index contributed by atoms with van der Waals surface area (Å²) < 4.78 is 5.45. The van der Waals surface area contributed by atoms with E-state index in [2.05, 4.69) is 11.1 Å². The van der Waals surface area contributed by atoms with Crippen molar-refractivity contribution in [3.05, 3.63) is 35.5 Å². The first-order valence-electron chi connectivity index (χ1n) is 5.99. The lowest BCUT2D eigenvalue weighted by atomic mass is 10.0. The number of Topliss-reactive ketones (excluding diaryl/α,β-unsaturated/α-hetero) is 1. The Morgan fingerprint density at radius 2 is 2.35 bits per heavy atom. The molecule has 1 aromatic carbocycles. The number of hydrogen-bond donors (Lipinski definition) is 1. The molecule has 0 spiro atoms. The second-order valence-electron chi connectivity index (χ2n) is 4.62. The van der Waals surface area contributed by atoms with E-state index in [0.717, 1.165) is 29.3 Å². The molecule has 17 heavy (non-hydrogen) atoms. The summed E-state index contributed by atoms with van der Waals surface area (Å²) in [5, 5.41) is 0.996. The second kappa shape index (κ2) is 4.00. The molecule has 1 atom stereocenters. The number of ether oxygens (including phenoxy) is 1. The summed E-state index contributed by atoms with van der Waals surface area (Å²) in [6, 6.07) is 6.09. The van der Waals surface area contributed by atoms with Crippen LogP contribution in [0.3, 0.4) is 0 Å². The molecule has 1 aromatic heterocycles. The van der Waals surface area contributed by atoms with Gasteiger partial charge in [-0.1, -0.05) is 12.1 Å². The van der Waals surface area contributed by atoms with Gasteiger partial charge in [0.1, 0.15) is 6.10 Å². The average molecular weight is 229 g/mol. The van der Waals surface area contributed by atoms with Crippen LogP contribution >= 0.6 is 0 Å². The average Bonchev–Trinajstić information content (AvgIpc) is 2.96. The van der Waals surface area contributed by atoms with E-state index in [1.54, 1.807) is 6.20 Å². The van der Waals surface area contributed by atoms with Crippen LogP contribution in [0, 0.1) is 6.92 Å². The molecule has 3 rings (SSSR count). The number of benzene rings is 1. The molecule has 0 radical (unpaired) electrons. The molecule has 3 nitrogen and oxygen atoms in total. The minimum atomic E-state index is -0.240. The summed E-state index contributed by atoms with van der Waals surface area (Å²) in [6.45, 7) is 2.75. The van der Waals surface area contributed by atoms with E-state index in [1.807, 2.05) is 19.1 Å². The fourth-order valence-corrected chi connectivity index (χ4v) is 2.40. The van der Waals surface area contributed by atoms with Gasteiger partial charge in [-0.15, -0.1) is 0 Å². The minimum Gasteiger partial charge on any atom is -0.370 e. The quantitative estimate of drug-likeness (QED) is 0.804. The topological polar surface area (TPSA) is 42.1 Å². The number of carbonyl (C=O) groups excluding carboxylic acids is 1. The zero-order valence-corrected chi connectivity index (χ0v) is 9.82. The SMILES string of the molecule is Cc1ccc2c(C(=O)C3CCCO3)c[nH]c2c1. The van der Waals surface area contributed by atoms with Crippen molar-refractivity contribution in [2.45, 2.75) is 25.9 Å². The van der Waals surface area contributed by atoms with Crippen LogP contribution in [0.1, 0.15) is 28.8 Å². The van der Waals surface area contributed by atoms with E-state index in [0.29, 0.717) is 6.61 Å². The molecule has 0 saturated carbocycles. The monoisotopic (exact) mass is 229 g/mol. The number of aryl methyl sites for hydroxylation is 1. The zero-order valence-electron chi connectivity index (χ0n) is 9.82. The summed E-state index contributed by atoms with van der Waals surface area (Å²) in [5.41, 5.74) is 2.97. The van der Waals surface area contributed by atoms with Crippen LogP contribution in [0.2, 0.25) is 0 Å². The van der Waals surface area contributed by atoms with Gasteiger partial charge in [0.25, 0.3) is 0 Å². The van der Waals surface area contributed by atoms with Gasteiger partial charge >= 0.3 is 0 Å². The standard InChI is InChI=1S/C14H15NO2/c1-9-4-5-10-11(8-15-12(10)7-9)14(16)13-3-2-6-17-13/h4-5,7-8,13,15H,2-3,6H2,1H3. The van der Waals surface area contributed by atoms with Gasteiger partial charge in [-0.05, 0) is 31.4 Å². The Balaban J connectivity index is 2.02. The van der Waals surface area contributed by atoms with Crippen molar-refractivity contribution in [2.75, 3.05) is 6.61 Å². The third-order valence-corrected chi connectivity index (χ3v) is 3.32. The van der Waals surface area contributed by atoms with Crippen molar-refractivity contribution in [2.24, 2.45) is 0 Å². The van der Waals surface area contributed by atoms with Gasteiger partial charge in [0, 0.05) is 29.3 Å². The molecule has 0 amide bonds. The van der Waals surface area contributed by atoms with E-state index in [9.17, 15) is 4.79 Å². The molecule has 1 saturated heterocycles. The number of aromatic nitrogens is 1. The normalized spacial score (nSPS) is 19.9. The van der Waals surface area contributed by atoms with Gasteiger partial charge in [-0.25, -0.2) is 0 Å². The van der Waals surface area contributed by atoms with Gasteiger partial charge in [0.05, 0.1) is 0 Å². The van der Waals surface area contributed by atoms with Crippen molar-refractivity contribution < 1.29 is 9.53 Å². The van der Waals surface area contributed by atoms with Crippen LogP contribution in [0.25, 0.3) is 10.9 Å². The Hall–Kier alpha value is -1.61. The van der Waals surface area contributed by atoms with Crippen LogP contribution in [-0.4, -0.2) is 23.5 Å². The number of carbonyl (C=O) groups is 1. The van der Waals surface area contributed by atoms with Crippen molar-refractivity contribution in [3.63, 3.8) is 0 Å². The van der Waals surface area contributed by atoms with Crippen LogP contribution in [0.5, 0.6) is 0 Å². The molecule has 1 N–H and O–H groups in total. The van der Waals surface area contributed by atoms with Crippen molar-refractivity contribution in [3.8, 4) is 0 Å². The molecule has 2 aromatic rings. The number of ketones is 1. The first kappa shape index (κ1) is 10.5. The second-order valence-corrected chi connectivity index (χ2v) is 4.62. The number of aromatic amines is 1. The first-order chi connectivity index (χ1) is 8.25. The summed E-state index contributed by atoms with van der Waals surface area (Å²) in [6.07, 6.45) is 3.39. The Kier molecular flexibility index (Phi) is 2.48. The zero-order chi connectivity index (χ0) is 11.8. The predicted molar refractivity (Wildman–Crippen MR) is 66.3 cm³/mol. The predicted octanol–water partition coefficient (Wildman–Crippen LogP) is 2.84. The largest absolute Gasteiger partial charge is 0.370 e. The summed E-state index contributed by atoms with van der Waals surface area (Å²) in [4.78, 5) is 15.4. The van der Waals surface area contributed by atoms with Crippen LogP contribution < -0.4 is 0 Å². The molecule has 3 heteroatoms. The van der Waals surface area contributed by atoms with Crippen LogP contribution in [-0.2, 0) is 4.74 Å². The van der Waals surface area contributed by atoms with Crippen LogP contribution in [0.15, 0.2) is 24.4 Å². The number of H-pyrrole nitrogens is 1. The number of hydrogen-bond acceptors (Lipinski definition) is 2. The maximum Gasteiger partial charge on any atom is 0.193 e. The summed E-state index contributed by atoms with van der Waals surface area (Å²) in [7, 11) is 0. The highest BCUT2D eigenvalue weighted by atomic mass is 16.5. The van der Waals surface area contributed by atoms with Gasteiger partial charge in [0.15, 0.2) is 5.78 Å². The molecule has 2 heterocycles. The highest BCUT2D eigenvalue weighted by molar-refractivity contribution is 6.10. The Morgan fingerprint density at radius 1 is 1.47 bits per heavy atom. The maximum absolute atomic E-state index is 12.3. The number of fused-ring (bicyclic) bond motifs is 1. The molecule has 1 aliphatic rings. The Morgan fingerprint density at radius 3 is 3.12 bits per heavy atom. The summed E-state index contributed by atoms with van der Waals surface area (Å²) in [5.74, 6) is 0.109. The maximum atomic E-state index is 12.3. The minimum absolute atomic E-state index is 0.109. The molecule has 0 aliphatic carbocycles. The van der Waals surface area contributed by atoms with Gasteiger partial charge < -0.3 is 9.72 Å². The van der Waals surface area contributed by atoms with E-state index in [-0.39, 0.29) is 11.9 Å². The number of nitrogens with one attached hydrogen (secondary N) is 1. The number of rotatable bonds is 2. The lowest BCUT2D eigenvalue weighted by Gasteiger charge is -2.06. The third kappa shape index (κ3) is 1.76. The lowest BCUT2D eigenvalue weighted by Crippen LogP contribution is -2.18. The fourth-order valence-electron chi connectivity index (χ4n) is 2.40. The lowest BCUT2D eigenvalue weighted by molar-refractivity contribution is 0.0644. The van der Waals surface area contributed by atoms with Gasteiger partial charge in [0.2, 0.25) is 0 Å². The van der Waals surface area contributed by atoms with E-state index in [4.69, 9.17) is 4.74 Å². The molecule has 1 unspecified atom stereocenters. The van der Waals surface area contributed by atoms with Crippen molar-refractivity contribution >= 4 is 16.7 Å². The van der Waals surface area contributed by atoms with Gasteiger partial charge in [-0.3, -0.25) is 4.79 Å². The smallest absolute Gasteiger partial charge is 0.193 e. The highest BCUT2D eigenvalue weighted by Gasteiger charge is 2.26. The van der Waals surface area contributed by atoms with E-state index < -0.39 is 0 Å². The van der Waals surface area contributed by atoms with Gasteiger partial charge in [-0.2, -0.15) is 0 Å². The van der Waals surface area contributed by atoms with Crippen LogP contribution in [0.4, 0.5) is 0 Å². The fraction of sp³-hybridized carbons (Fsp3) is 0.357. The first-order valence-corrected chi connectivity index (χ1v) is 5.99. The Bertz CT molecular complexity index is 565. The highest BCUT2D eigenvalue weighted by Crippen LogP contribution is 2.24. The molecular weight excluding hydrogens is 214 g/mol. The molecule has 1 aliphatic heterocycles. The molecule has 88 valence electrons. The van der Waals surface area contributed by atoms with E-state index >= 15 is 0 Å². The van der Waals surface area contributed by atoms with Crippen molar-refractivity contribution in [1.82, 2.24) is 4.98 Å². The molecule has 0 bridgehead atoms. The molecule has 1 fully saturated rings. The summed E-state index contributed by atoms with van der Waals surface area (Å²) >= 11 is 0. The van der Waals surface area contributed by atoms with E-state index in [1.165, 1.54) is 5.56 Å².